The van der Waals surface area contributed by atoms with Crippen LogP contribution in [0.25, 0.3) is 0 Å². The quantitative estimate of drug-likeness (QED) is 0.0171. The highest BCUT2D eigenvalue weighted by molar-refractivity contribution is 7.87. The summed E-state index contributed by atoms with van der Waals surface area (Å²) in [6.45, 7) is -1.62. The highest BCUT2D eigenvalue weighted by atomic mass is 35.5. The molecule has 0 heterocycles. The average molecular weight is 1960 g/mol. The van der Waals surface area contributed by atoms with Gasteiger partial charge in [0.05, 0.1) is 239 Å². The molecule has 0 unspecified atom stereocenters. The molecule has 0 spiro atoms. The third-order valence-electron chi connectivity index (χ3n) is 15.9. The number of hydrogen-bond acceptors (Lipinski definition) is 37. The second kappa shape index (κ2) is 58.1. The van der Waals surface area contributed by atoms with Crippen LogP contribution < -0.4 is 11.5 Å². The molecular weight excluding hydrogens is 1880 g/mol. The lowest BCUT2D eigenvalue weighted by atomic mass is 9.88. The van der Waals surface area contributed by atoms with E-state index in [0.717, 1.165) is 22.3 Å². The van der Waals surface area contributed by atoms with E-state index in [0.29, 0.717) is 56.5 Å². The zero-order chi connectivity index (χ0) is 99.3. The summed E-state index contributed by atoms with van der Waals surface area (Å²) in [5, 5.41) is 0.329. The molecule has 37 nitrogen and oxygen atoms in total. The van der Waals surface area contributed by atoms with Crippen molar-refractivity contribution in [3.05, 3.63) is 232 Å². The van der Waals surface area contributed by atoms with Crippen LogP contribution in [0.3, 0.4) is 0 Å². The van der Waals surface area contributed by atoms with Gasteiger partial charge in [0.2, 0.25) is 0 Å². The predicted octanol–water partition coefficient (Wildman–Crippen LogP) is 0.185. The van der Waals surface area contributed by atoms with Crippen LogP contribution in [0, 0.1) is 6.92 Å². The van der Waals surface area contributed by atoms with E-state index < -0.39 is 199 Å². The van der Waals surface area contributed by atoms with Crippen LogP contribution in [0.2, 0.25) is 10.0 Å². The maximum atomic E-state index is 11.8. The Kier molecular flexibility index (Phi) is 53.2. The van der Waals surface area contributed by atoms with E-state index in [1.807, 2.05) is 0 Å². The van der Waals surface area contributed by atoms with Crippen LogP contribution in [0.15, 0.2) is 121 Å². The molecule has 0 aromatic heterocycles. The lowest BCUT2D eigenvalue weighted by Crippen LogP contribution is -2.16. The van der Waals surface area contributed by atoms with E-state index in [2.05, 4.69) is 18.9 Å². The van der Waals surface area contributed by atoms with Crippen LogP contribution in [0.5, 0.6) is 0 Å². The SMILES string of the molecule is [B]Cc1cc(C(=O)OCCS(=O)(=O)[O-])ccc1N.[B]Cc1cc(C[B])c(N)c(C(=O)OCCS(=O)(=O)[O-])c1.[B]Cc1cc(C[B])cc(C(=O)OCCS(=O)(=O)[O-])c1.[B]Cc1ccc(C(=O)OCCS(=O)(=O)[O-])c(Cl)c1.[B]Cc1ccc(C(=O)OCCS(=O)(=O)[O-])cc1C.[B]Cc1ccc(C[B])c(C(=O)OCCS(=O)(=O)[O-])c1.[B]Cc1ccc(Cl)c(C(=O)OCCS(=O)(=O)[O-])c1. The molecule has 20 radical (unpaired) electrons. The first-order valence-electron chi connectivity index (χ1n) is 36.8. The highest BCUT2D eigenvalue weighted by Crippen LogP contribution is 2.25. The second-order valence-electron chi connectivity index (χ2n) is 25.8. The molecule has 0 saturated heterocycles. The van der Waals surface area contributed by atoms with E-state index in [1.54, 1.807) is 61.5 Å². The van der Waals surface area contributed by atoms with E-state index >= 15 is 0 Å². The summed E-state index contributed by atoms with van der Waals surface area (Å²) >= 11 is 11.6. The van der Waals surface area contributed by atoms with Crippen molar-refractivity contribution < 1.29 is 158 Å². The largest absolute Gasteiger partial charge is 0.748 e. The van der Waals surface area contributed by atoms with Gasteiger partial charge in [0.25, 0.3) is 0 Å². The van der Waals surface area contributed by atoms with Crippen molar-refractivity contribution >= 4 is 226 Å². The summed E-state index contributed by atoms with van der Waals surface area (Å²) in [5.74, 6) is -10.5. The van der Waals surface area contributed by atoms with Crippen molar-refractivity contribution in [1.82, 2.24) is 0 Å². The fraction of sp³-hybridized carbons (Fsp3) is 0.338. The van der Waals surface area contributed by atoms with E-state index in [9.17, 15) is 124 Å². The average Bonchev–Trinajstić information content (AvgIpc) is 0.788. The number of nitrogens with two attached hydrogens (primary N) is 2. The highest BCUT2D eigenvalue weighted by Gasteiger charge is 2.20. The summed E-state index contributed by atoms with van der Waals surface area (Å²) in [6, 6.07) is 31.3. The molecule has 0 atom stereocenters. The Balaban J connectivity index is 0.000000759. The zero-order valence-electron chi connectivity index (χ0n) is 68.8. The minimum absolute atomic E-state index is 0.0525. The van der Waals surface area contributed by atoms with E-state index in [-0.39, 0.29) is 106 Å². The predicted molar refractivity (Wildman–Crippen MR) is 477 cm³/mol. The number of hydrogen-bond donors (Lipinski definition) is 2. The zero-order valence-corrected chi connectivity index (χ0v) is 76.1. The lowest BCUT2D eigenvalue weighted by Gasteiger charge is -2.13. The summed E-state index contributed by atoms with van der Waals surface area (Å²) in [4.78, 5) is 81.4. The van der Waals surface area contributed by atoms with Gasteiger partial charge in [-0.15, -0.1) is 0 Å². The Morgan fingerprint density at radius 2 is 0.562 bits per heavy atom. The van der Waals surface area contributed by atoms with Crippen LogP contribution >= 0.6 is 23.2 Å². The summed E-state index contributed by atoms with van der Waals surface area (Å²) in [6.07, 6.45) is 2.21. The Bertz CT molecular complexity index is 5860. The molecule has 4 N–H and O–H groups in total. The number of ether oxygens (including phenoxy) is 7. The van der Waals surface area contributed by atoms with Crippen LogP contribution in [0.1, 0.15) is 134 Å². The fourth-order valence-electron chi connectivity index (χ4n) is 9.35. The Morgan fingerprint density at radius 1 is 0.269 bits per heavy atom. The van der Waals surface area contributed by atoms with Gasteiger partial charge >= 0.3 is 41.8 Å². The van der Waals surface area contributed by atoms with Crippen molar-refractivity contribution in [3.63, 3.8) is 0 Å². The minimum Gasteiger partial charge on any atom is -0.748 e. The van der Waals surface area contributed by atoms with Crippen molar-refractivity contribution in [3.8, 4) is 0 Å². The molecule has 0 aliphatic rings. The molecule has 684 valence electrons. The monoisotopic (exact) mass is 1960 g/mol. The van der Waals surface area contributed by atoms with Crippen LogP contribution in [0.4, 0.5) is 11.4 Å². The number of aryl methyl sites for hydroxylation is 1. The van der Waals surface area contributed by atoms with Crippen molar-refractivity contribution in [2.24, 2.45) is 0 Å². The van der Waals surface area contributed by atoms with Gasteiger partial charge < -0.3 is 76.5 Å². The normalized spacial score (nSPS) is 11.2. The molecule has 0 amide bonds. The van der Waals surface area contributed by atoms with Gasteiger partial charge in [-0.3, -0.25) is 0 Å². The van der Waals surface area contributed by atoms with Gasteiger partial charge in [0.1, 0.15) is 46.2 Å². The van der Waals surface area contributed by atoms with Crippen molar-refractivity contribution in [1.29, 1.82) is 0 Å². The molecule has 7 rings (SSSR count). The Hall–Kier alpha value is -8.97. The molecule has 0 aliphatic heterocycles. The third kappa shape index (κ3) is 50.6. The molecule has 56 heteroatoms. The summed E-state index contributed by atoms with van der Waals surface area (Å²) in [7, 11) is 23.9. The van der Waals surface area contributed by atoms with E-state index in [4.69, 9.17) is 127 Å². The van der Waals surface area contributed by atoms with Gasteiger partial charge in [-0.05, 0) is 108 Å². The number of nitrogen functional groups attached to an aromatic ring is 2. The Morgan fingerprint density at radius 3 is 0.923 bits per heavy atom. The summed E-state index contributed by atoms with van der Waals surface area (Å²) in [5.41, 5.74) is 20.8. The number of carbonyl (C=O) groups is 7. The topological polar surface area (TPSA) is 637 Å². The van der Waals surface area contributed by atoms with Gasteiger partial charge in [0.15, 0.2) is 0 Å². The summed E-state index contributed by atoms with van der Waals surface area (Å²) < 4.78 is 250. The number of benzene rings is 7. The number of rotatable bonds is 38. The standard InChI is InChI=1S/C11H13B2NO5S.2C11H12B2O5S.C11H13BO5S.2C10H10BClO5S.C10H12BNO5S/c12-5-7-3-8(6-13)10(14)9(4-7)11(15)19-1-2-20(16,17)18;12-6-8-3-9(7-13)5-10(4-8)11(14)18-1-2-19(15,16)17;12-6-8-1-2-9(7-13)10(5-8)11(14)18-3-4-19(15,16)17;1-8-6-9(2-3-10(8)7-12)11(13)17-4-5-18(14,15)16;11-6-7-1-2-9(12)8(5-7)10(13)17-3-4-18(14,15)16;11-6-7-1-2-8(9(12)5-7)10(13)17-3-4-18(14,15)16;11-6-8-5-7(1-2-9(8)12)10(13)17-3-4-18(14,15)16/h3-4H,1-2,5-6,14H2,(H,16,17,18);3-5H,1-2,6-7H2,(H,15,16,17);1-2,5H,3-4,6-7H2,(H,15,16,17);2-3,6H,4-5,7H2,1H3,(H,14,15,16);2*1-2,5H,3-4,6H2,(H,14,15,16);1-2,5H,3-4,6,12H2,(H,14,15,16)/p-7. The Labute approximate surface area is 777 Å². The first kappa shape index (κ1) is 119. The van der Waals surface area contributed by atoms with Gasteiger partial charge in [-0.25, -0.2) is 92.5 Å². The van der Waals surface area contributed by atoms with E-state index in [1.165, 1.54) is 66.7 Å². The molecule has 0 saturated carbocycles. The number of halogens is 2. The smallest absolute Gasteiger partial charge is 0.340 e. The van der Waals surface area contributed by atoms with Crippen molar-refractivity contribution in [2.45, 2.75) is 70.1 Å². The molecule has 0 bridgehead atoms. The molecule has 0 aliphatic carbocycles. The van der Waals surface area contributed by atoms with Gasteiger partial charge in [-0.2, -0.15) is 0 Å². The minimum atomic E-state index is -4.44. The molecule has 7 aromatic carbocycles. The maximum absolute atomic E-state index is 11.8. The van der Waals surface area contributed by atoms with Crippen molar-refractivity contribution in [2.75, 3.05) is 98.0 Å². The molecule has 130 heavy (non-hydrogen) atoms. The first-order chi connectivity index (χ1) is 60.3. The van der Waals surface area contributed by atoms with Gasteiger partial charge in [-0.1, -0.05) is 168 Å². The number of anilines is 2. The van der Waals surface area contributed by atoms with Crippen LogP contribution in [-0.2, 0) is 167 Å². The molecule has 7 aromatic rings. The number of esters is 7. The fourth-order valence-corrected chi connectivity index (χ4v) is 11.8. The second-order valence-corrected chi connectivity index (χ2v) is 37.2. The third-order valence-corrected chi connectivity index (χ3v) is 21.3. The number of carbonyl (C=O) groups excluding carboxylic acids is 7. The van der Waals surface area contributed by atoms with Gasteiger partial charge in [0, 0.05) is 11.4 Å². The molecular formula is C74H75B10Cl2N2O35S7-7. The first-order valence-corrected chi connectivity index (χ1v) is 48.6. The molecule has 0 fully saturated rings. The lowest BCUT2D eigenvalue weighted by molar-refractivity contribution is 0.0517. The van der Waals surface area contributed by atoms with Crippen LogP contribution in [-0.4, -0.2) is 298 Å². The maximum Gasteiger partial charge on any atom is 0.340 e.